The highest BCUT2D eigenvalue weighted by Gasteiger charge is 2.11. The molecule has 0 fully saturated rings. The number of hydrogen-bond acceptors (Lipinski definition) is 2. The van der Waals surface area contributed by atoms with Crippen molar-refractivity contribution in [1.29, 1.82) is 0 Å². The van der Waals surface area contributed by atoms with Gasteiger partial charge in [-0.3, -0.25) is 0 Å². The van der Waals surface area contributed by atoms with E-state index < -0.39 is 0 Å². The molecule has 0 saturated carbocycles. The molecule has 0 heterocycles. The molecule has 21 heavy (non-hydrogen) atoms. The fourth-order valence-electron chi connectivity index (χ4n) is 2.90. The molecule has 2 heteroatoms. The predicted molar refractivity (Wildman–Crippen MR) is 87.2 cm³/mol. The lowest BCUT2D eigenvalue weighted by Gasteiger charge is -2.15. The van der Waals surface area contributed by atoms with Gasteiger partial charge < -0.3 is 10.2 Å². The number of rotatable bonds is 4. The van der Waals surface area contributed by atoms with Crippen LogP contribution in [0.15, 0.2) is 24.3 Å². The Labute approximate surface area is 127 Å². The van der Waals surface area contributed by atoms with Gasteiger partial charge in [0.05, 0.1) is 0 Å². The standard InChI is InChI=1S/C19H24O2/c1-5-14-10-15(13(4)9-18(14)20)11-16-7-12(3)8-19(21)17(16)6-2/h7-10,20-21H,5-6,11H2,1-4H3. The van der Waals surface area contributed by atoms with Gasteiger partial charge in [-0.25, -0.2) is 0 Å². The molecule has 112 valence electrons. The molecule has 0 spiro atoms. The first kappa shape index (κ1) is 15.4. The molecule has 2 N–H and O–H groups in total. The van der Waals surface area contributed by atoms with Gasteiger partial charge in [0.25, 0.3) is 0 Å². The van der Waals surface area contributed by atoms with E-state index in [0.717, 1.165) is 41.5 Å². The molecule has 0 unspecified atom stereocenters. The van der Waals surface area contributed by atoms with Crippen LogP contribution in [-0.2, 0) is 19.3 Å². The lowest BCUT2D eigenvalue weighted by atomic mass is 9.92. The fraction of sp³-hybridized carbons (Fsp3) is 0.368. The quantitative estimate of drug-likeness (QED) is 0.872. The van der Waals surface area contributed by atoms with Crippen LogP contribution in [0.5, 0.6) is 11.5 Å². The summed E-state index contributed by atoms with van der Waals surface area (Å²) >= 11 is 0. The maximum absolute atomic E-state index is 10.1. The zero-order chi connectivity index (χ0) is 15.6. The van der Waals surface area contributed by atoms with Gasteiger partial charge in [-0.2, -0.15) is 0 Å². The molecule has 0 atom stereocenters. The first-order valence-electron chi connectivity index (χ1n) is 7.59. The van der Waals surface area contributed by atoms with Gasteiger partial charge in [-0.1, -0.05) is 26.0 Å². The van der Waals surface area contributed by atoms with E-state index >= 15 is 0 Å². The van der Waals surface area contributed by atoms with Gasteiger partial charge in [-0.15, -0.1) is 0 Å². The normalized spacial score (nSPS) is 10.9. The van der Waals surface area contributed by atoms with Crippen molar-refractivity contribution in [3.05, 3.63) is 57.6 Å². The lowest BCUT2D eigenvalue weighted by Crippen LogP contribution is -1.99. The molecule has 0 aliphatic rings. The summed E-state index contributed by atoms with van der Waals surface area (Å²) in [6.45, 7) is 8.14. The second kappa shape index (κ2) is 6.21. The summed E-state index contributed by atoms with van der Waals surface area (Å²) in [7, 11) is 0. The van der Waals surface area contributed by atoms with E-state index in [1.165, 1.54) is 11.1 Å². The first-order valence-corrected chi connectivity index (χ1v) is 7.59. The number of benzene rings is 2. The third kappa shape index (κ3) is 3.21. The zero-order valence-corrected chi connectivity index (χ0v) is 13.3. The van der Waals surface area contributed by atoms with E-state index in [2.05, 4.69) is 19.1 Å². The van der Waals surface area contributed by atoms with Gasteiger partial charge in [0, 0.05) is 0 Å². The van der Waals surface area contributed by atoms with E-state index in [1.807, 2.05) is 32.9 Å². The zero-order valence-electron chi connectivity index (χ0n) is 13.3. The average Bonchev–Trinajstić information content (AvgIpc) is 2.41. The molecule has 0 radical (unpaired) electrons. The minimum absolute atomic E-state index is 0.376. The Bertz CT molecular complexity index is 657. The Kier molecular flexibility index (Phi) is 4.56. The van der Waals surface area contributed by atoms with Crippen molar-refractivity contribution in [3.63, 3.8) is 0 Å². The van der Waals surface area contributed by atoms with Crippen molar-refractivity contribution in [2.24, 2.45) is 0 Å². The highest BCUT2D eigenvalue weighted by atomic mass is 16.3. The van der Waals surface area contributed by atoms with Crippen LogP contribution < -0.4 is 0 Å². The smallest absolute Gasteiger partial charge is 0.119 e. The van der Waals surface area contributed by atoms with Gasteiger partial charge in [0.1, 0.15) is 11.5 Å². The SMILES string of the molecule is CCc1cc(Cc2cc(C)cc(O)c2CC)c(C)cc1O. The molecule has 0 aliphatic heterocycles. The van der Waals surface area contributed by atoms with E-state index in [-0.39, 0.29) is 0 Å². The van der Waals surface area contributed by atoms with Crippen LogP contribution in [-0.4, -0.2) is 10.2 Å². The third-order valence-electron chi connectivity index (χ3n) is 4.12. The Hall–Kier alpha value is -1.96. The highest BCUT2D eigenvalue weighted by Crippen LogP contribution is 2.29. The molecular formula is C19H24O2. The van der Waals surface area contributed by atoms with Crippen molar-refractivity contribution in [2.45, 2.75) is 47.0 Å². The Balaban J connectivity index is 2.47. The van der Waals surface area contributed by atoms with Crippen LogP contribution in [0.25, 0.3) is 0 Å². The Morgan fingerprint density at radius 3 is 2.10 bits per heavy atom. The second-order valence-corrected chi connectivity index (χ2v) is 5.71. The molecule has 0 amide bonds. The summed E-state index contributed by atoms with van der Waals surface area (Å²) in [6, 6.07) is 7.90. The predicted octanol–water partition coefficient (Wildman–Crippen LogP) is 4.43. The Morgan fingerprint density at radius 1 is 0.762 bits per heavy atom. The molecule has 0 aliphatic carbocycles. The van der Waals surface area contributed by atoms with Crippen LogP contribution >= 0.6 is 0 Å². The molecule has 0 aromatic heterocycles. The van der Waals surface area contributed by atoms with Gasteiger partial charge in [0.15, 0.2) is 0 Å². The fourth-order valence-corrected chi connectivity index (χ4v) is 2.90. The van der Waals surface area contributed by atoms with Crippen molar-refractivity contribution in [2.75, 3.05) is 0 Å². The monoisotopic (exact) mass is 284 g/mol. The first-order chi connectivity index (χ1) is 9.96. The van der Waals surface area contributed by atoms with E-state index in [1.54, 1.807) is 0 Å². The summed E-state index contributed by atoms with van der Waals surface area (Å²) in [5.41, 5.74) is 6.55. The van der Waals surface area contributed by atoms with Gasteiger partial charge in [0.2, 0.25) is 0 Å². The molecular weight excluding hydrogens is 260 g/mol. The minimum Gasteiger partial charge on any atom is -0.508 e. The molecule has 0 saturated heterocycles. The average molecular weight is 284 g/mol. The molecule has 2 nitrogen and oxygen atoms in total. The number of hydrogen-bond donors (Lipinski definition) is 2. The third-order valence-corrected chi connectivity index (χ3v) is 4.12. The van der Waals surface area contributed by atoms with Crippen molar-refractivity contribution >= 4 is 0 Å². The number of aryl methyl sites for hydroxylation is 3. The number of aromatic hydroxyl groups is 2. The number of phenolic OH excluding ortho intramolecular Hbond substituents is 2. The van der Waals surface area contributed by atoms with E-state index in [0.29, 0.717) is 11.5 Å². The number of phenols is 2. The molecule has 2 rings (SSSR count). The summed E-state index contributed by atoms with van der Waals surface area (Å²) in [5.74, 6) is 0.765. The molecule has 0 bridgehead atoms. The summed E-state index contributed by atoms with van der Waals surface area (Å²) in [4.78, 5) is 0. The topological polar surface area (TPSA) is 40.5 Å². The van der Waals surface area contributed by atoms with Crippen LogP contribution in [0.1, 0.15) is 47.2 Å². The van der Waals surface area contributed by atoms with Crippen LogP contribution in [0, 0.1) is 13.8 Å². The van der Waals surface area contributed by atoms with Crippen LogP contribution in [0.3, 0.4) is 0 Å². The van der Waals surface area contributed by atoms with Crippen molar-refractivity contribution < 1.29 is 10.2 Å². The summed E-state index contributed by atoms with van der Waals surface area (Å²) < 4.78 is 0. The van der Waals surface area contributed by atoms with Crippen LogP contribution in [0.2, 0.25) is 0 Å². The van der Waals surface area contributed by atoms with Crippen LogP contribution in [0.4, 0.5) is 0 Å². The summed E-state index contributed by atoms with van der Waals surface area (Å²) in [6.07, 6.45) is 2.43. The van der Waals surface area contributed by atoms with Gasteiger partial charge >= 0.3 is 0 Å². The second-order valence-electron chi connectivity index (χ2n) is 5.71. The van der Waals surface area contributed by atoms with E-state index in [9.17, 15) is 10.2 Å². The molecule has 2 aromatic rings. The van der Waals surface area contributed by atoms with Crippen molar-refractivity contribution in [3.8, 4) is 11.5 Å². The van der Waals surface area contributed by atoms with E-state index in [4.69, 9.17) is 0 Å². The summed E-state index contributed by atoms with van der Waals surface area (Å²) in [5, 5.41) is 20.1. The minimum atomic E-state index is 0.376. The lowest BCUT2D eigenvalue weighted by molar-refractivity contribution is 0.466. The molecule has 2 aromatic carbocycles. The largest absolute Gasteiger partial charge is 0.508 e. The highest BCUT2D eigenvalue weighted by molar-refractivity contribution is 5.48. The van der Waals surface area contributed by atoms with Crippen molar-refractivity contribution in [1.82, 2.24) is 0 Å². The Morgan fingerprint density at radius 2 is 1.48 bits per heavy atom. The maximum atomic E-state index is 10.1. The maximum Gasteiger partial charge on any atom is 0.119 e. The van der Waals surface area contributed by atoms with Gasteiger partial charge in [-0.05, 0) is 78.6 Å².